The van der Waals surface area contributed by atoms with Gasteiger partial charge in [-0.05, 0) is 12.1 Å². The molecule has 2 rings (SSSR count). The highest BCUT2D eigenvalue weighted by Gasteiger charge is 1.97. The van der Waals surface area contributed by atoms with E-state index in [0.717, 1.165) is 10.9 Å². The molecule has 0 radical (unpaired) electrons. The van der Waals surface area contributed by atoms with Crippen molar-refractivity contribution in [2.45, 2.75) is 0 Å². The number of benzene rings is 1. The molecule has 0 saturated carbocycles. The lowest BCUT2D eigenvalue weighted by molar-refractivity contribution is 1.39. The average molecular weight is 154 g/mol. The van der Waals surface area contributed by atoms with Gasteiger partial charge >= 0.3 is 0 Å². The minimum atomic E-state index is 0.633. The smallest absolute Gasteiger partial charge is 0.101 e. The molecule has 0 bridgehead atoms. The number of hydrogen-bond acceptors (Lipinski definition) is 2. The molecule has 0 amide bonds. The molecule has 0 aliphatic rings. The zero-order chi connectivity index (χ0) is 8.39. The molecule has 1 heterocycles. The van der Waals surface area contributed by atoms with Crippen LogP contribution < -0.4 is 0 Å². The first kappa shape index (κ1) is 6.81. The van der Waals surface area contributed by atoms with Gasteiger partial charge in [-0.15, -0.1) is 0 Å². The third-order valence-electron chi connectivity index (χ3n) is 1.75. The Hall–Kier alpha value is -1.88. The van der Waals surface area contributed by atoms with Gasteiger partial charge in [0.05, 0.1) is 11.1 Å². The number of hydrogen-bond donors (Lipinski definition) is 0. The second kappa shape index (κ2) is 2.63. The average Bonchev–Trinajstić information content (AvgIpc) is 2.17. The van der Waals surface area contributed by atoms with Gasteiger partial charge in [-0.1, -0.05) is 18.2 Å². The lowest BCUT2D eigenvalue weighted by Crippen LogP contribution is -1.81. The lowest BCUT2D eigenvalue weighted by Gasteiger charge is -1.95. The molecule has 1 aromatic carbocycles. The van der Waals surface area contributed by atoms with Crippen LogP contribution in [0.25, 0.3) is 10.9 Å². The fourth-order valence-corrected chi connectivity index (χ4v) is 1.19. The van der Waals surface area contributed by atoms with Crippen molar-refractivity contribution in [1.29, 1.82) is 5.26 Å². The molecule has 0 atom stereocenters. The maximum atomic E-state index is 8.75. The molecule has 0 N–H and O–H groups in total. The summed E-state index contributed by atoms with van der Waals surface area (Å²) in [5, 5.41) is 9.76. The van der Waals surface area contributed by atoms with Crippen molar-refractivity contribution in [1.82, 2.24) is 4.98 Å². The molecule has 0 unspecified atom stereocenters. The van der Waals surface area contributed by atoms with Crippen LogP contribution in [-0.4, -0.2) is 4.98 Å². The Morgan fingerprint density at radius 2 is 2.00 bits per heavy atom. The minimum absolute atomic E-state index is 0.633. The molecule has 2 aromatic rings. The van der Waals surface area contributed by atoms with E-state index in [-0.39, 0.29) is 0 Å². The molecule has 2 heteroatoms. The molecule has 0 aliphatic heterocycles. The SMILES string of the molecule is N#Cc1cccc2cccnc12. The van der Waals surface area contributed by atoms with Gasteiger partial charge < -0.3 is 0 Å². The summed E-state index contributed by atoms with van der Waals surface area (Å²) >= 11 is 0. The Balaban J connectivity index is 2.91. The van der Waals surface area contributed by atoms with E-state index in [1.165, 1.54) is 0 Å². The van der Waals surface area contributed by atoms with E-state index in [1.54, 1.807) is 12.3 Å². The molecular weight excluding hydrogens is 148 g/mol. The van der Waals surface area contributed by atoms with E-state index in [1.807, 2.05) is 24.3 Å². The van der Waals surface area contributed by atoms with Crippen LogP contribution in [-0.2, 0) is 0 Å². The van der Waals surface area contributed by atoms with Gasteiger partial charge in [-0.3, -0.25) is 4.98 Å². The first-order chi connectivity index (χ1) is 5.92. The Labute approximate surface area is 70.1 Å². The largest absolute Gasteiger partial charge is 0.255 e. The number of rotatable bonds is 0. The third-order valence-corrected chi connectivity index (χ3v) is 1.75. The fourth-order valence-electron chi connectivity index (χ4n) is 1.19. The van der Waals surface area contributed by atoms with Crippen LogP contribution in [0.4, 0.5) is 0 Å². The molecular formula is C10H6N2. The van der Waals surface area contributed by atoms with Crippen molar-refractivity contribution in [3.05, 3.63) is 42.1 Å². The first-order valence-electron chi connectivity index (χ1n) is 3.65. The normalized spacial score (nSPS) is 9.58. The van der Waals surface area contributed by atoms with Gasteiger partial charge in [0, 0.05) is 11.6 Å². The van der Waals surface area contributed by atoms with Gasteiger partial charge in [0.15, 0.2) is 0 Å². The summed E-state index contributed by atoms with van der Waals surface area (Å²) in [5.41, 5.74) is 1.41. The van der Waals surface area contributed by atoms with Crippen molar-refractivity contribution in [3.63, 3.8) is 0 Å². The number of nitrogens with zero attached hydrogens (tertiary/aromatic N) is 2. The maximum Gasteiger partial charge on any atom is 0.101 e. The zero-order valence-corrected chi connectivity index (χ0v) is 6.36. The highest BCUT2D eigenvalue weighted by Crippen LogP contribution is 2.14. The van der Waals surface area contributed by atoms with Crippen molar-refractivity contribution in [2.24, 2.45) is 0 Å². The van der Waals surface area contributed by atoms with Gasteiger partial charge in [-0.2, -0.15) is 5.26 Å². The summed E-state index contributed by atoms with van der Waals surface area (Å²) < 4.78 is 0. The predicted molar refractivity (Wildman–Crippen MR) is 46.5 cm³/mol. The van der Waals surface area contributed by atoms with Crippen molar-refractivity contribution < 1.29 is 0 Å². The zero-order valence-electron chi connectivity index (χ0n) is 6.36. The summed E-state index contributed by atoms with van der Waals surface area (Å²) in [6.45, 7) is 0. The monoisotopic (exact) mass is 154 g/mol. The summed E-state index contributed by atoms with van der Waals surface area (Å²) in [7, 11) is 0. The van der Waals surface area contributed by atoms with Crippen LogP contribution >= 0.6 is 0 Å². The van der Waals surface area contributed by atoms with Gasteiger partial charge in [0.25, 0.3) is 0 Å². The van der Waals surface area contributed by atoms with Crippen molar-refractivity contribution in [3.8, 4) is 6.07 Å². The van der Waals surface area contributed by atoms with Crippen molar-refractivity contribution >= 4 is 10.9 Å². The van der Waals surface area contributed by atoms with Gasteiger partial charge in [0.1, 0.15) is 6.07 Å². The van der Waals surface area contributed by atoms with Crippen LogP contribution in [0, 0.1) is 11.3 Å². The summed E-state index contributed by atoms with van der Waals surface area (Å²) in [6.07, 6.45) is 1.70. The van der Waals surface area contributed by atoms with Crippen LogP contribution in [0.5, 0.6) is 0 Å². The minimum Gasteiger partial charge on any atom is -0.255 e. The molecule has 0 spiro atoms. The standard InChI is InChI=1S/C10H6N2/c11-7-9-4-1-3-8-5-2-6-12-10(8)9/h1-6H. The van der Waals surface area contributed by atoms with E-state index in [2.05, 4.69) is 11.1 Å². The Bertz CT molecular complexity index is 449. The number of pyridine rings is 1. The third kappa shape index (κ3) is 0.923. The molecule has 56 valence electrons. The molecule has 0 fully saturated rings. The molecule has 12 heavy (non-hydrogen) atoms. The van der Waals surface area contributed by atoms with Crippen LogP contribution in [0.3, 0.4) is 0 Å². The quantitative estimate of drug-likeness (QED) is 0.582. The van der Waals surface area contributed by atoms with E-state index in [9.17, 15) is 0 Å². The second-order valence-corrected chi connectivity index (χ2v) is 2.49. The number of nitriles is 1. The predicted octanol–water partition coefficient (Wildman–Crippen LogP) is 2.11. The second-order valence-electron chi connectivity index (χ2n) is 2.49. The van der Waals surface area contributed by atoms with E-state index in [4.69, 9.17) is 5.26 Å². The molecule has 0 saturated heterocycles. The Morgan fingerprint density at radius 3 is 2.83 bits per heavy atom. The van der Waals surface area contributed by atoms with E-state index < -0.39 is 0 Å². The maximum absolute atomic E-state index is 8.75. The Morgan fingerprint density at radius 1 is 1.17 bits per heavy atom. The van der Waals surface area contributed by atoms with Crippen LogP contribution in [0.2, 0.25) is 0 Å². The summed E-state index contributed by atoms with van der Waals surface area (Å²) in [6, 6.07) is 11.5. The summed E-state index contributed by atoms with van der Waals surface area (Å²) in [5.74, 6) is 0. The highest BCUT2D eigenvalue weighted by atomic mass is 14.6. The Kier molecular flexibility index (Phi) is 1.49. The lowest BCUT2D eigenvalue weighted by atomic mass is 10.1. The summed E-state index contributed by atoms with van der Waals surface area (Å²) in [4.78, 5) is 4.13. The van der Waals surface area contributed by atoms with Crippen LogP contribution in [0.1, 0.15) is 5.56 Å². The first-order valence-corrected chi connectivity index (χ1v) is 3.65. The van der Waals surface area contributed by atoms with E-state index >= 15 is 0 Å². The van der Waals surface area contributed by atoms with Gasteiger partial charge in [0.2, 0.25) is 0 Å². The van der Waals surface area contributed by atoms with E-state index in [0.29, 0.717) is 5.56 Å². The number of para-hydroxylation sites is 1. The molecule has 2 nitrogen and oxygen atoms in total. The molecule has 1 aromatic heterocycles. The fraction of sp³-hybridized carbons (Fsp3) is 0. The molecule has 0 aliphatic carbocycles. The van der Waals surface area contributed by atoms with Crippen molar-refractivity contribution in [2.75, 3.05) is 0 Å². The van der Waals surface area contributed by atoms with Gasteiger partial charge in [-0.25, -0.2) is 0 Å². The number of aromatic nitrogens is 1. The highest BCUT2D eigenvalue weighted by molar-refractivity contribution is 5.83. The number of fused-ring (bicyclic) bond motifs is 1. The topological polar surface area (TPSA) is 36.7 Å². The van der Waals surface area contributed by atoms with Crippen LogP contribution in [0.15, 0.2) is 36.5 Å².